The Bertz CT molecular complexity index is 3420. The van der Waals surface area contributed by atoms with Crippen LogP contribution in [-0.2, 0) is 0 Å². The highest BCUT2D eigenvalue weighted by Gasteiger charge is 2.18. The summed E-state index contributed by atoms with van der Waals surface area (Å²) < 4.78 is 21.3. The largest absolute Gasteiger partial charge is 0.456 e. The molecule has 0 spiro atoms. The standard InChI is InChI=1S/C48H27NO3/c1-4-13-41-33(8-1)38-24-28(29-18-22-45-39(25-29)35-10-3-5-14-43(35)50-45)17-21-42(38)49(41)31-19-23-46-40(27-31)36-20-16-30(26-47(36)51-46)32-11-7-12-37-34-9-2-6-15-44(34)52-48(32)37/h1-27H. The SMILES string of the molecule is c1ccc2c(c1)oc1ccc(-c3ccc4c(c3)c3ccccc3n4-c3ccc4oc5cc(-c6cccc7c6oc6ccccc67)ccc5c4c3)cc12. The molecule has 0 aliphatic heterocycles. The molecule has 0 amide bonds. The fourth-order valence-corrected chi connectivity index (χ4v) is 8.38. The van der Waals surface area contributed by atoms with Crippen molar-refractivity contribution in [3.8, 4) is 27.9 Å². The molecule has 4 heterocycles. The molecule has 4 aromatic heterocycles. The second-order valence-corrected chi connectivity index (χ2v) is 13.7. The highest BCUT2D eigenvalue weighted by Crippen LogP contribution is 2.41. The molecule has 0 saturated heterocycles. The van der Waals surface area contributed by atoms with Crippen LogP contribution in [0, 0.1) is 0 Å². The Hall–Kier alpha value is -7.04. The van der Waals surface area contributed by atoms with Gasteiger partial charge < -0.3 is 17.8 Å². The van der Waals surface area contributed by atoms with Crippen molar-refractivity contribution in [3.63, 3.8) is 0 Å². The van der Waals surface area contributed by atoms with Crippen LogP contribution < -0.4 is 0 Å². The van der Waals surface area contributed by atoms with Crippen LogP contribution in [0.3, 0.4) is 0 Å². The maximum Gasteiger partial charge on any atom is 0.143 e. The fraction of sp³-hybridized carbons (Fsp3) is 0. The van der Waals surface area contributed by atoms with Crippen molar-refractivity contribution < 1.29 is 13.3 Å². The van der Waals surface area contributed by atoms with E-state index in [1.165, 1.54) is 27.4 Å². The van der Waals surface area contributed by atoms with Crippen molar-refractivity contribution >= 4 is 87.6 Å². The number of rotatable bonds is 3. The third-order valence-corrected chi connectivity index (χ3v) is 10.8. The zero-order valence-electron chi connectivity index (χ0n) is 27.8. The second kappa shape index (κ2) is 10.3. The van der Waals surface area contributed by atoms with Gasteiger partial charge in [-0.2, -0.15) is 0 Å². The van der Waals surface area contributed by atoms with Gasteiger partial charge in [0.25, 0.3) is 0 Å². The summed E-state index contributed by atoms with van der Waals surface area (Å²) in [5.74, 6) is 0. The van der Waals surface area contributed by atoms with Crippen LogP contribution in [0.4, 0.5) is 0 Å². The van der Waals surface area contributed by atoms with Crippen LogP contribution in [0.5, 0.6) is 0 Å². The van der Waals surface area contributed by atoms with E-state index < -0.39 is 0 Å². The lowest BCUT2D eigenvalue weighted by atomic mass is 10.0. The van der Waals surface area contributed by atoms with E-state index in [1.807, 2.05) is 24.3 Å². The molecule has 242 valence electrons. The number of hydrogen-bond acceptors (Lipinski definition) is 3. The molecule has 4 heteroatoms. The molecule has 0 fully saturated rings. The zero-order chi connectivity index (χ0) is 33.9. The van der Waals surface area contributed by atoms with Crippen molar-refractivity contribution in [3.05, 3.63) is 164 Å². The molecule has 0 aliphatic carbocycles. The number of fused-ring (bicyclic) bond motifs is 12. The first-order valence-corrected chi connectivity index (χ1v) is 17.6. The lowest BCUT2D eigenvalue weighted by molar-refractivity contribution is 0.668. The smallest absolute Gasteiger partial charge is 0.143 e. The molecular weight excluding hydrogens is 639 g/mol. The predicted octanol–water partition coefficient (Wildman–Crippen LogP) is 13.8. The molecule has 4 nitrogen and oxygen atoms in total. The van der Waals surface area contributed by atoms with E-state index in [9.17, 15) is 0 Å². The number of furan rings is 3. The Kier molecular flexibility index (Phi) is 5.47. The Labute approximate surface area is 296 Å². The Morgan fingerprint density at radius 3 is 1.75 bits per heavy atom. The lowest BCUT2D eigenvalue weighted by Crippen LogP contribution is -1.93. The van der Waals surface area contributed by atoms with Crippen LogP contribution in [0.25, 0.3) is 116 Å². The number of benzene rings is 8. The van der Waals surface area contributed by atoms with E-state index in [2.05, 4.69) is 144 Å². The first kappa shape index (κ1) is 27.7. The van der Waals surface area contributed by atoms with E-state index in [0.717, 1.165) is 88.1 Å². The van der Waals surface area contributed by atoms with Crippen LogP contribution in [-0.4, -0.2) is 4.57 Å². The summed E-state index contributed by atoms with van der Waals surface area (Å²) in [4.78, 5) is 0. The van der Waals surface area contributed by atoms with Crippen molar-refractivity contribution in [2.45, 2.75) is 0 Å². The maximum atomic E-state index is 6.50. The van der Waals surface area contributed by atoms with Gasteiger partial charge in [0.15, 0.2) is 0 Å². The van der Waals surface area contributed by atoms with Crippen molar-refractivity contribution in [1.29, 1.82) is 0 Å². The van der Waals surface area contributed by atoms with Gasteiger partial charge in [-0.15, -0.1) is 0 Å². The number of aromatic nitrogens is 1. The molecule has 0 bridgehead atoms. The van der Waals surface area contributed by atoms with Crippen molar-refractivity contribution in [1.82, 2.24) is 4.57 Å². The maximum absolute atomic E-state index is 6.50. The number of nitrogens with zero attached hydrogens (tertiary/aromatic N) is 1. The van der Waals surface area contributed by atoms with Crippen LogP contribution in [0.1, 0.15) is 0 Å². The number of para-hydroxylation sites is 4. The third kappa shape index (κ3) is 3.86. The minimum absolute atomic E-state index is 0.854. The van der Waals surface area contributed by atoms with E-state index in [4.69, 9.17) is 13.3 Å². The molecule has 0 saturated carbocycles. The molecule has 0 radical (unpaired) electrons. The highest BCUT2D eigenvalue weighted by molar-refractivity contribution is 6.14. The van der Waals surface area contributed by atoms with Crippen molar-refractivity contribution in [2.75, 3.05) is 0 Å². The summed E-state index contributed by atoms with van der Waals surface area (Å²) in [7, 11) is 0. The molecule has 0 aliphatic rings. The Morgan fingerprint density at radius 1 is 0.308 bits per heavy atom. The molecule has 8 aromatic carbocycles. The van der Waals surface area contributed by atoms with Gasteiger partial charge in [0.05, 0.1) is 11.0 Å². The van der Waals surface area contributed by atoms with Gasteiger partial charge in [0.1, 0.15) is 33.5 Å². The molecule has 0 unspecified atom stereocenters. The van der Waals surface area contributed by atoms with E-state index in [1.54, 1.807) is 0 Å². The average molecular weight is 666 g/mol. The summed E-state index contributed by atoms with van der Waals surface area (Å²) in [6.07, 6.45) is 0. The summed E-state index contributed by atoms with van der Waals surface area (Å²) >= 11 is 0. The topological polar surface area (TPSA) is 44.4 Å². The van der Waals surface area contributed by atoms with Gasteiger partial charge in [-0.05, 0) is 89.5 Å². The summed E-state index contributed by atoms with van der Waals surface area (Å²) in [6.45, 7) is 0. The molecule has 0 atom stereocenters. The minimum Gasteiger partial charge on any atom is -0.456 e. The van der Waals surface area contributed by atoms with E-state index >= 15 is 0 Å². The molecule has 0 N–H and O–H groups in total. The van der Waals surface area contributed by atoms with Gasteiger partial charge in [0, 0.05) is 54.3 Å². The average Bonchev–Trinajstić information content (AvgIpc) is 3.95. The molecule has 52 heavy (non-hydrogen) atoms. The van der Waals surface area contributed by atoms with Gasteiger partial charge in [-0.1, -0.05) is 91.0 Å². The molecule has 12 rings (SSSR count). The lowest BCUT2D eigenvalue weighted by Gasteiger charge is -2.09. The fourth-order valence-electron chi connectivity index (χ4n) is 8.38. The van der Waals surface area contributed by atoms with Crippen LogP contribution in [0.2, 0.25) is 0 Å². The van der Waals surface area contributed by atoms with E-state index in [-0.39, 0.29) is 0 Å². The minimum atomic E-state index is 0.854. The Balaban J connectivity index is 0.995. The summed E-state index contributed by atoms with van der Waals surface area (Å²) in [5, 5.41) is 9.12. The molecular formula is C48H27NO3. The zero-order valence-corrected chi connectivity index (χ0v) is 27.8. The first-order chi connectivity index (χ1) is 25.7. The van der Waals surface area contributed by atoms with Gasteiger partial charge in [-0.3, -0.25) is 0 Å². The summed E-state index contributed by atoms with van der Waals surface area (Å²) in [5.41, 5.74) is 13.2. The first-order valence-electron chi connectivity index (χ1n) is 17.6. The van der Waals surface area contributed by atoms with Crippen LogP contribution >= 0.6 is 0 Å². The van der Waals surface area contributed by atoms with E-state index in [0.29, 0.717) is 0 Å². The Morgan fingerprint density at radius 2 is 0.885 bits per heavy atom. The van der Waals surface area contributed by atoms with Crippen LogP contribution in [0.15, 0.2) is 177 Å². The quantitative estimate of drug-likeness (QED) is 0.189. The van der Waals surface area contributed by atoms with Gasteiger partial charge in [-0.25, -0.2) is 0 Å². The third-order valence-electron chi connectivity index (χ3n) is 10.8. The van der Waals surface area contributed by atoms with Gasteiger partial charge in [0.2, 0.25) is 0 Å². The predicted molar refractivity (Wildman–Crippen MR) is 213 cm³/mol. The normalized spacial score (nSPS) is 12.2. The van der Waals surface area contributed by atoms with Crippen molar-refractivity contribution in [2.24, 2.45) is 0 Å². The summed E-state index contributed by atoms with van der Waals surface area (Å²) in [6, 6.07) is 57.8. The van der Waals surface area contributed by atoms with Gasteiger partial charge >= 0.3 is 0 Å². The number of hydrogen-bond donors (Lipinski definition) is 0. The monoisotopic (exact) mass is 665 g/mol. The highest BCUT2D eigenvalue weighted by atomic mass is 16.3. The molecule has 12 aromatic rings. The second-order valence-electron chi connectivity index (χ2n) is 13.7.